The number of rotatable bonds is 6. The molecule has 0 bridgehead atoms. The number of sulfone groups is 1. The van der Waals surface area contributed by atoms with Gasteiger partial charge in [0.15, 0.2) is 15.6 Å². The molecule has 0 aliphatic rings. The molecular weight excluding hydrogens is 275 g/mol. The van der Waals surface area contributed by atoms with Gasteiger partial charge in [-0.25, -0.2) is 12.8 Å². The average Bonchev–Trinajstić information content (AvgIpc) is 2.27. The average molecular weight is 288 g/mol. The number of ketones is 1. The summed E-state index contributed by atoms with van der Waals surface area (Å²) in [5.41, 5.74) is -0.310. The third-order valence-corrected chi connectivity index (χ3v) is 3.55. The Bertz CT molecular complexity index is 580. The van der Waals surface area contributed by atoms with Crippen molar-refractivity contribution in [2.75, 3.05) is 18.1 Å². The monoisotopic (exact) mass is 288 g/mol. The van der Waals surface area contributed by atoms with Crippen LogP contribution >= 0.6 is 0 Å². The van der Waals surface area contributed by atoms with Crippen molar-refractivity contribution in [2.24, 2.45) is 0 Å². The van der Waals surface area contributed by atoms with Crippen molar-refractivity contribution in [3.05, 3.63) is 35.6 Å². The van der Waals surface area contributed by atoms with Gasteiger partial charge in [-0.15, -0.1) is 0 Å². The number of carbonyl (C=O) groups excluding carboxylic acids is 2. The molecule has 1 aromatic carbocycles. The third-order valence-electron chi connectivity index (χ3n) is 2.17. The summed E-state index contributed by atoms with van der Waals surface area (Å²) in [6.45, 7) is 1.59. The van der Waals surface area contributed by atoms with Gasteiger partial charge in [0.2, 0.25) is 0 Å². The summed E-state index contributed by atoms with van der Waals surface area (Å²) in [4.78, 5) is 22.7. The topological polar surface area (TPSA) is 77.5 Å². The summed E-state index contributed by atoms with van der Waals surface area (Å²) in [6.07, 6.45) is 0. The quantitative estimate of drug-likeness (QED) is 0.576. The highest BCUT2D eigenvalue weighted by Gasteiger charge is 2.23. The lowest BCUT2D eigenvalue weighted by Crippen LogP contribution is -2.25. The van der Waals surface area contributed by atoms with E-state index in [-0.39, 0.29) is 12.2 Å². The minimum atomic E-state index is -3.96. The molecule has 0 saturated heterocycles. The first-order valence-corrected chi connectivity index (χ1v) is 7.31. The molecule has 0 spiro atoms. The van der Waals surface area contributed by atoms with Gasteiger partial charge in [0.1, 0.15) is 17.3 Å². The van der Waals surface area contributed by atoms with Crippen LogP contribution < -0.4 is 0 Å². The van der Waals surface area contributed by atoms with E-state index in [1.165, 1.54) is 25.1 Å². The summed E-state index contributed by atoms with van der Waals surface area (Å²) in [5, 5.41) is 0. The second-order valence-electron chi connectivity index (χ2n) is 3.74. The van der Waals surface area contributed by atoms with Gasteiger partial charge in [0, 0.05) is 0 Å². The smallest absolute Gasteiger partial charge is 0.321 e. The Morgan fingerprint density at radius 2 is 1.84 bits per heavy atom. The fraction of sp³-hybridized carbons (Fsp3) is 0.333. The summed E-state index contributed by atoms with van der Waals surface area (Å²) >= 11 is 0. The standard InChI is InChI=1S/C12H13FO5S/c1-2-18-12(15)8-19(16,17)7-11(14)9-5-3-4-6-10(9)13/h3-6H,2,7-8H2,1H3. The minimum Gasteiger partial charge on any atom is -0.465 e. The number of carbonyl (C=O) groups is 2. The van der Waals surface area contributed by atoms with E-state index < -0.39 is 38.9 Å². The summed E-state index contributed by atoms with van der Waals surface area (Å²) in [7, 11) is -3.96. The molecule has 0 aliphatic carbocycles. The predicted molar refractivity (Wildman–Crippen MR) is 66.0 cm³/mol. The van der Waals surface area contributed by atoms with Crippen molar-refractivity contribution >= 4 is 21.6 Å². The number of Topliss-reactive ketones (excluding diaryl/α,β-unsaturated/α-hetero) is 1. The van der Waals surface area contributed by atoms with E-state index in [9.17, 15) is 22.4 Å². The van der Waals surface area contributed by atoms with Crippen molar-refractivity contribution in [1.82, 2.24) is 0 Å². The lowest BCUT2D eigenvalue weighted by Gasteiger charge is -2.04. The van der Waals surface area contributed by atoms with Crippen LogP contribution in [0.1, 0.15) is 17.3 Å². The molecule has 0 radical (unpaired) electrons. The van der Waals surface area contributed by atoms with Crippen molar-refractivity contribution in [1.29, 1.82) is 0 Å². The second kappa shape index (κ2) is 6.42. The zero-order chi connectivity index (χ0) is 14.5. The van der Waals surface area contributed by atoms with Crippen LogP contribution in [0.2, 0.25) is 0 Å². The van der Waals surface area contributed by atoms with Gasteiger partial charge in [0.05, 0.1) is 12.2 Å². The molecule has 0 saturated carbocycles. The van der Waals surface area contributed by atoms with Gasteiger partial charge in [0.25, 0.3) is 0 Å². The Labute approximate surface area is 110 Å². The molecule has 0 aromatic heterocycles. The van der Waals surface area contributed by atoms with E-state index in [4.69, 9.17) is 0 Å². The Hall–Kier alpha value is -1.76. The molecule has 0 unspecified atom stereocenters. The number of benzene rings is 1. The number of hydrogen-bond donors (Lipinski definition) is 0. The number of hydrogen-bond acceptors (Lipinski definition) is 5. The van der Waals surface area contributed by atoms with E-state index in [2.05, 4.69) is 4.74 Å². The summed E-state index contributed by atoms with van der Waals surface area (Å²) < 4.78 is 40.9. The van der Waals surface area contributed by atoms with Crippen molar-refractivity contribution in [3.63, 3.8) is 0 Å². The number of esters is 1. The van der Waals surface area contributed by atoms with E-state index >= 15 is 0 Å². The van der Waals surface area contributed by atoms with Crippen LogP contribution in [-0.4, -0.2) is 38.3 Å². The lowest BCUT2D eigenvalue weighted by atomic mass is 10.1. The van der Waals surface area contributed by atoms with E-state index in [0.29, 0.717) is 0 Å². The van der Waals surface area contributed by atoms with Crippen molar-refractivity contribution in [3.8, 4) is 0 Å². The van der Waals surface area contributed by atoms with E-state index in [0.717, 1.165) is 6.07 Å². The van der Waals surface area contributed by atoms with Crippen LogP contribution in [0.3, 0.4) is 0 Å². The molecule has 7 heteroatoms. The first-order valence-electron chi connectivity index (χ1n) is 5.49. The fourth-order valence-corrected chi connectivity index (χ4v) is 2.50. The largest absolute Gasteiger partial charge is 0.465 e. The first-order chi connectivity index (χ1) is 8.85. The minimum absolute atomic E-state index is 0.0512. The normalized spacial score (nSPS) is 11.1. The molecule has 0 atom stereocenters. The van der Waals surface area contributed by atoms with Gasteiger partial charge in [-0.3, -0.25) is 9.59 Å². The molecule has 0 heterocycles. The Morgan fingerprint density at radius 3 is 2.42 bits per heavy atom. The predicted octanol–water partition coefficient (Wildman–Crippen LogP) is 0.986. The Balaban J connectivity index is 2.77. The molecule has 0 aliphatic heterocycles. The lowest BCUT2D eigenvalue weighted by molar-refractivity contribution is -0.139. The highest BCUT2D eigenvalue weighted by atomic mass is 32.2. The molecular formula is C12H13FO5S. The molecule has 0 fully saturated rings. The van der Waals surface area contributed by atoms with Crippen LogP contribution in [0.4, 0.5) is 4.39 Å². The molecule has 19 heavy (non-hydrogen) atoms. The summed E-state index contributed by atoms with van der Waals surface area (Å²) in [6, 6.07) is 5.07. The van der Waals surface area contributed by atoms with Crippen LogP contribution in [-0.2, 0) is 19.4 Å². The first kappa shape index (κ1) is 15.3. The van der Waals surface area contributed by atoms with Crippen LogP contribution in [0.15, 0.2) is 24.3 Å². The Kier molecular flexibility index (Phi) is 5.17. The molecule has 104 valence electrons. The third kappa shape index (κ3) is 4.78. The van der Waals surface area contributed by atoms with Crippen molar-refractivity contribution < 1.29 is 27.1 Å². The van der Waals surface area contributed by atoms with Crippen LogP contribution in [0, 0.1) is 5.82 Å². The molecule has 0 N–H and O–H groups in total. The fourth-order valence-electron chi connectivity index (χ4n) is 1.40. The van der Waals surface area contributed by atoms with Gasteiger partial charge in [-0.2, -0.15) is 0 Å². The van der Waals surface area contributed by atoms with Crippen LogP contribution in [0.25, 0.3) is 0 Å². The number of ether oxygens (including phenoxy) is 1. The highest BCUT2D eigenvalue weighted by Crippen LogP contribution is 2.09. The zero-order valence-electron chi connectivity index (χ0n) is 10.3. The van der Waals surface area contributed by atoms with Gasteiger partial charge < -0.3 is 4.74 Å². The van der Waals surface area contributed by atoms with Crippen molar-refractivity contribution in [2.45, 2.75) is 6.92 Å². The highest BCUT2D eigenvalue weighted by molar-refractivity contribution is 7.92. The molecule has 0 amide bonds. The molecule has 1 rings (SSSR count). The van der Waals surface area contributed by atoms with Crippen LogP contribution in [0.5, 0.6) is 0 Å². The zero-order valence-corrected chi connectivity index (χ0v) is 11.1. The maximum atomic E-state index is 13.3. The SMILES string of the molecule is CCOC(=O)CS(=O)(=O)CC(=O)c1ccccc1F. The van der Waals surface area contributed by atoms with Gasteiger partial charge in [-0.05, 0) is 19.1 Å². The van der Waals surface area contributed by atoms with E-state index in [1.54, 1.807) is 0 Å². The molecule has 1 aromatic rings. The maximum Gasteiger partial charge on any atom is 0.321 e. The Morgan fingerprint density at radius 1 is 1.21 bits per heavy atom. The number of halogens is 1. The molecule has 5 nitrogen and oxygen atoms in total. The van der Waals surface area contributed by atoms with E-state index in [1.807, 2.05) is 0 Å². The maximum absolute atomic E-state index is 13.3. The second-order valence-corrected chi connectivity index (χ2v) is 5.80. The van der Waals surface area contributed by atoms with Gasteiger partial charge in [-0.1, -0.05) is 12.1 Å². The van der Waals surface area contributed by atoms with Gasteiger partial charge >= 0.3 is 5.97 Å². The summed E-state index contributed by atoms with van der Waals surface area (Å²) in [5.74, 6) is -4.42.